The second kappa shape index (κ2) is 23.5. The van der Waals surface area contributed by atoms with E-state index < -0.39 is 18.0 Å². The second-order valence-electron chi connectivity index (χ2n) is 8.97. The van der Waals surface area contributed by atoms with Crippen LogP contribution in [0, 0.1) is 0 Å². The molecular weight excluding hydrogens is 424 g/mol. The molecule has 194 valence electrons. The first-order chi connectivity index (χ1) is 16.0. The fourth-order valence-corrected chi connectivity index (χ4v) is 3.60. The van der Waals surface area contributed by atoms with Crippen LogP contribution in [0.25, 0.3) is 0 Å². The molecule has 0 radical (unpaired) electrons. The maximum Gasteiger partial charge on any atom is 0.306 e. The first-order valence-corrected chi connectivity index (χ1v) is 13.2. The molecular formula is C26H48O7. The zero-order valence-corrected chi connectivity index (χ0v) is 20.9. The van der Waals surface area contributed by atoms with E-state index in [0.29, 0.717) is 6.42 Å². The number of carbonyl (C=O) groups excluding carboxylic acids is 2. The third-order valence-corrected chi connectivity index (χ3v) is 5.65. The van der Waals surface area contributed by atoms with Gasteiger partial charge in [-0.25, -0.2) is 0 Å². The van der Waals surface area contributed by atoms with E-state index in [1.807, 2.05) is 0 Å². The molecule has 0 aliphatic heterocycles. The minimum Gasteiger partial charge on any atom is -0.481 e. The number of esters is 2. The van der Waals surface area contributed by atoms with Gasteiger partial charge in [0.25, 0.3) is 0 Å². The quantitative estimate of drug-likeness (QED) is 0.132. The van der Waals surface area contributed by atoms with Crippen LogP contribution < -0.4 is 0 Å². The number of unbranched alkanes of at least 4 members (excludes halogenated alkanes) is 15. The number of hydrogen-bond donors (Lipinski definition) is 2. The minimum atomic E-state index is -1.10. The van der Waals surface area contributed by atoms with Crippen LogP contribution in [0.2, 0.25) is 0 Å². The van der Waals surface area contributed by atoms with E-state index in [0.717, 1.165) is 19.3 Å². The number of aliphatic carboxylic acids is 1. The fraction of sp³-hybridized carbons (Fsp3) is 0.885. The van der Waals surface area contributed by atoms with Gasteiger partial charge in [-0.15, -0.1) is 0 Å². The van der Waals surface area contributed by atoms with E-state index in [9.17, 15) is 19.5 Å². The molecule has 0 aromatic rings. The highest BCUT2D eigenvalue weighted by Gasteiger charge is 2.13. The van der Waals surface area contributed by atoms with Gasteiger partial charge in [0.2, 0.25) is 0 Å². The lowest BCUT2D eigenvalue weighted by atomic mass is 10.0. The Balaban J connectivity index is 3.35. The molecule has 33 heavy (non-hydrogen) atoms. The number of aliphatic hydroxyl groups excluding tert-OH is 1. The number of carboxylic acids is 1. The predicted octanol–water partition coefficient (Wildman–Crippen LogP) is 5.95. The van der Waals surface area contributed by atoms with Gasteiger partial charge in [0.05, 0.1) is 12.8 Å². The van der Waals surface area contributed by atoms with E-state index in [1.165, 1.54) is 83.5 Å². The first-order valence-electron chi connectivity index (χ1n) is 13.2. The Labute approximate surface area is 200 Å². The summed E-state index contributed by atoms with van der Waals surface area (Å²) in [6.45, 7) is 1.71. The zero-order chi connectivity index (χ0) is 24.6. The molecule has 0 spiro atoms. The van der Waals surface area contributed by atoms with Crippen molar-refractivity contribution in [2.45, 2.75) is 135 Å². The lowest BCUT2D eigenvalue weighted by molar-refractivity contribution is -0.154. The summed E-state index contributed by atoms with van der Waals surface area (Å²) in [5.74, 6) is -2.15. The van der Waals surface area contributed by atoms with Gasteiger partial charge in [-0.1, -0.05) is 103 Å². The molecule has 2 N–H and O–H groups in total. The third kappa shape index (κ3) is 24.8. The van der Waals surface area contributed by atoms with Crippen LogP contribution in [-0.4, -0.2) is 47.4 Å². The van der Waals surface area contributed by atoms with Crippen molar-refractivity contribution in [2.24, 2.45) is 0 Å². The average Bonchev–Trinajstić information content (AvgIpc) is 2.79. The Kier molecular flexibility index (Phi) is 22.4. The number of hydrogen-bond acceptors (Lipinski definition) is 6. The molecule has 0 saturated heterocycles. The molecule has 0 aromatic carbocycles. The Morgan fingerprint density at radius 1 is 0.576 bits per heavy atom. The van der Waals surface area contributed by atoms with Crippen LogP contribution in [-0.2, 0) is 23.9 Å². The number of rotatable bonds is 24. The summed E-state index contributed by atoms with van der Waals surface area (Å²) in [5.41, 5.74) is 0. The molecule has 0 aliphatic carbocycles. The normalized spacial score (nSPS) is 11.8. The van der Waals surface area contributed by atoms with E-state index >= 15 is 0 Å². The average molecular weight is 473 g/mol. The zero-order valence-electron chi connectivity index (χ0n) is 20.9. The third-order valence-electron chi connectivity index (χ3n) is 5.65. The number of carboxylic acid groups (broad SMARTS) is 1. The van der Waals surface area contributed by atoms with Gasteiger partial charge in [0.15, 0.2) is 0 Å². The topological polar surface area (TPSA) is 110 Å². The highest BCUT2D eigenvalue weighted by molar-refractivity contribution is 5.76. The van der Waals surface area contributed by atoms with Crippen LogP contribution in [0.5, 0.6) is 0 Å². The number of aliphatic hydroxyl groups is 1. The molecule has 7 nitrogen and oxygen atoms in total. The van der Waals surface area contributed by atoms with Crippen LogP contribution in [0.4, 0.5) is 0 Å². The van der Waals surface area contributed by atoms with Gasteiger partial charge in [0.1, 0.15) is 19.3 Å². The Morgan fingerprint density at radius 2 is 0.939 bits per heavy atom. The lowest BCUT2D eigenvalue weighted by Gasteiger charge is -2.11. The van der Waals surface area contributed by atoms with Gasteiger partial charge in [-0.2, -0.15) is 0 Å². The molecule has 1 atom stereocenters. The second-order valence-corrected chi connectivity index (χ2v) is 8.97. The number of carbonyl (C=O) groups is 3. The maximum absolute atomic E-state index is 11.7. The smallest absolute Gasteiger partial charge is 0.306 e. The van der Waals surface area contributed by atoms with E-state index in [1.54, 1.807) is 0 Å². The van der Waals surface area contributed by atoms with Crippen LogP contribution in [0.3, 0.4) is 0 Å². The van der Waals surface area contributed by atoms with Crippen molar-refractivity contribution in [3.05, 3.63) is 0 Å². The molecule has 7 heteroatoms. The van der Waals surface area contributed by atoms with Crippen molar-refractivity contribution >= 4 is 17.9 Å². The van der Waals surface area contributed by atoms with Gasteiger partial charge >= 0.3 is 17.9 Å². The predicted molar refractivity (Wildman–Crippen MR) is 129 cm³/mol. The monoisotopic (exact) mass is 472 g/mol. The summed E-state index contributed by atoms with van der Waals surface area (Å²) in [4.78, 5) is 33.3. The highest BCUT2D eigenvalue weighted by Crippen LogP contribution is 2.14. The minimum absolute atomic E-state index is 0.232. The fourth-order valence-electron chi connectivity index (χ4n) is 3.60. The summed E-state index contributed by atoms with van der Waals surface area (Å²) in [5, 5.41) is 18.1. The first kappa shape index (κ1) is 31.4. The van der Waals surface area contributed by atoms with Crippen molar-refractivity contribution in [3.63, 3.8) is 0 Å². The molecule has 0 aliphatic rings. The summed E-state index contributed by atoms with van der Waals surface area (Å²) >= 11 is 0. The van der Waals surface area contributed by atoms with Crippen molar-refractivity contribution in [1.29, 1.82) is 0 Å². The van der Waals surface area contributed by atoms with Crippen molar-refractivity contribution in [1.82, 2.24) is 0 Å². The van der Waals surface area contributed by atoms with Gasteiger partial charge < -0.3 is 19.7 Å². The molecule has 0 bridgehead atoms. The summed E-state index contributed by atoms with van der Waals surface area (Å²) in [7, 11) is 0. The molecule has 0 heterocycles. The molecule has 1 unspecified atom stereocenters. The SMILES string of the molecule is CCCCCCCCCCCCCCCCCCC(=O)OCC(O)COC(=O)CCC(=O)O. The standard InChI is InChI=1S/C26H48O7/c1-2-3-4-5-6-7-8-9-10-11-12-13-14-15-16-17-18-25(30)32-21-23(27)22-33-26(31)20-19-24(28)29/h23,27H,2-22H2,1H3,(H,28,29). The van der Waals surface area contributed by atoms with Crippen LogP contribution in [0.1, 0.15) is 129 Å². The molecule has 0 amide bonds. The summed E-state index contributed by atoms with van der Waals surface area (Å²) < 4.78 is 9.72. The Hall–Kier alpha value is -1.63. The largest absolute Gasteiger partial charge is 0.481 e. The van der Waals surface area contributed by atoms with E-state index in [4.69, 9.17) is 14.6 Å². The summed E-state index contributed by atoms with van der Waals surface area (Å²) in [6.07, 6.45) is 19.1. The Morgan fingerprint density at radius 3 is 1.33 bits per heavy atom. The summed E-state index contributed by atoms with van der Waals surface area (Å²) in [6, 6.07) is 0. The molecule has 0 fully saturated rings. The number of ether oxygens (including phenoxy) is 2. The van der Waals surface area contributed by atoms with Crippen molar-refractivity contribution in [2.75, 3.05) is 13.2 Å². The molecule has 0 rings (SSSR count). The maximum atomic E-state index is 11.7. The van der Waals surface area contributed by atoms with E-state index in [2.05, 4.69) is 6.92 Å². The van der Waals surface area contributed by atoms with Gasteiger partial charge in [-0.3, -0.25) is 14.4 Å². The van der Waals surface area contributed by atoms with Gasteiger partial charge in [-0.05, 0) is 6.42 Å². The molecule has 0 saturated carbocycles. The lowest BCUT2D eigenvalue weighted by Crippen LogP contribution is -2.25. The van der Waals surface area contributed by atoms with Crippen LogP contribution in [0.15, 0.2) is 0 Å². The van der Waals surface area contributed by atoms with Crippen molar-refractivity contribution < 1.29 is 34.1 Å². The van der Waals surface area contributed by atoms with Crippen molar-refractivity contribution in [3.8, 4) is 0 Å². The molecule has 0 aromatic heterocycles. The van der Waals surface area contributed by atoms with Crippen LogP contribution >= 0.6 is 0 Å². The van der Waals surface area contributed by atoms with Gasteiger partial charge in [0, 0.05) is 6.42 Å². The highest BCUT2D eigenvalue weighted by atomic mass is 16.6. The Bertz CT molecular complexity index is 493. The van der Waals surface area contributed by atoms with E-state index in [-0.39, 0.29) is 32.0 Å².